The van der Waals surface area contributed by atoms with Crippen LogP contribution < -0.4 is 14.4 Å². The second-order valence-electron chi connectivity index (χ2n) is 9.41. The van der Waals surface area contributed by atoms with Crippen LogP contribution in [0.15, 0.2) is 76.1 Å². The molecule has 0 unspecified atom stereocenters. The van der Waals surface area contributed by atoms with Gasteiger partial charge in [-0.3, -0.25) is 13.9 Å². The zero-order valence-electron chi connectivity index (χ0n) is 23.5. The molecule has 0 aromatic heterocycles. The van der Waals surface area contributed by atoms with Crippen LogP contribution in [0.4, 0.5) is 5.69 Å². The van der Waals surface area contributed by atoms with E-state index in [1.54, 1.807) is 30.3 Å². The topological polar surface area (TPSA) is 96.0 Å². The minimum absolute atomic E-state index is 0.00484. The van der Waals surface area contributed by atoms with Crippen LogP contribution in [0.5, 0.6) is 5.75 Å². The Morgan fingerprint density at radius 1 is 1.00 bits per heavy atom. The third-order valence-electron chi connectivity index (χ3n) is 6.65. The number of amides is 2. The fourth-order valence-electron chi connectivity index (χ4n) is 4.36. The van der Waals surface area contributed by atoms with Crippen molar-refractivity contribution < 1.29 is 22.7 Å². The molecule has 1 atom stereocenters. The van der Waals surface area contributed by atoms with Crippen molar-refractivity contribution in [1.82, 2.24) is 10.2 Å². The number of carbonyl (C=O) groups excluding carboxylic acids is 2. The van der Waals surface area contributed by atoms with Crippen LogP contribution in [0.25, 0.3) is 0 Å². The lowest BCUT2D eigenvalue weighted by molar-refractivity contribution is -0.140. The van der Waals surface area contributed by atoms with Crippen molar-refractivity contribution >= 4 is 43.5 Å². The lowest BCUT2D eigenvalue weighted by Gasteiger charge is -2.33. The van der Waals surface area contributed by atoms with E-state index in [4.69, 9.17) is 4.74 Å². The van der Waals surface area contributed by atoms with Crippen molar-refractivity contribution in [2.24, 2.45) is 0 Å². The number of nitrogens with one attached hydrogen (secondary N) is 1. The molecular formula is C30H36BrN3O5S. The zero-order chi connectivity index (χ0) is 29.4. The highest BCUT2D eigenvalue weighted by Crippen LogP contribution is 2.31. The van der Waals surface area contributed by atoms with Crippen LogP contribution in [0.2, 0.25) is 0 Å². The first-order valence-electron chi connectivity index (χ1n) is 13.1. The van der Waals surface area contributed by atoms with Crippen LogP contribution in [0, 0.1) is 13.8 Å². The predicted molar refractivity (Wildman–Crippen MR) is 161 cm³/mol. The maximum Gasteiger partial charge on any atom is 0.264 e. The zero-order valence-corrected chi connectivity index (χ0v) is 25.9. The van der Waals surface area contributed by atoms with Crippen molar-refractivity contribution in [1.29, 1.82) is 0 Å². The minimum Gasteiger partial charge on any atom is -0.496 e. The molecule has 0 bridgehead atoms. The molecule has 0 fully saturated rings. The molecule has 10 heteroatoms. The average Bonchev–Trinajstić information content (AvgIpc) is 2.93. The van der Waals surface area contributed by atoms with E-state index in [0.717, 1.165) is 21.0 Å². The third kappa shape index (κ3) is 7.22. The average molecular weight is 631 g/mol. The number of ether oxygens (including phenoxy) is 1. The van der Waals surface area contributed by atoms with E-state index in [1.807, 2.05) is 52.0 Å². The summed E-state index contributed by atoms with van der Waals surface area (Å²) < 4.78 is 34.9. The summed E-state index contributed by atoms with van der Waals surface area (Å²) in [6.07, 6.45) is 0.367. The molecule has 8 nitrogen and oxygen atoms in total. The second-order valence-corrected chi connectivity index (χ2v) is 12.1. The van der Waals surface area contributed by atoms with Crippen LogP contribution >= 0.6 is 15.9 Å². The summed E-state index contributed by atoms with van der Waals surface area (Å²) in [5.74, 6) is -0.289. The number of aryl methyl sites for hydroxylation is 2. The summed E-state index contributed by atoms with van der Waals surface area (Å²) in [5.41, 5.74) is 3.13. The number of hydrogen-bond acceptors (Lipinski definition) is 5. The number of carbonyl (C=O) groups is 2. The van der Waals surface area contributed by atoms with Gasteiger partial charge in [-0.25, -0.2) is 8.42 Å². The predicted octanol–water partition coefficient (Wildman–Crippen LogP) is 5.21. The number of rotatable bonds is 12. The summed E-state index contributed by atoms with van der Waals surface area (Å²) in [5, 5.41) is 2.81. The fourth-order valence-corrected chi connectivity index (χ4v) is 6.49. The lowest BCUT2D eigenvalue weighted by Crippen LogP contribution is -2.52. The molecule has 0 spiro atoms. The maximum absolute atomic E-state index is 14.1. The van der Waals surface area contributed by atoms with Crippen molar-refractivity contribution in [3.8, 4) is 5.75 Å². The molecule has 0 aliphatic rings. The summed E-state index contributed by atoms with van der Waals surface area (Å²) in [4.78, 5) is 28.6. The Morgan fingerprint density at radius 3 is 2.25 bits per heavy atom. The van der Waals surface area contributed by atoms with Gasteiger partial charge in [-0.2, -0.15) is 0 Å². The molecule has 3 aromatic carbocycles. The second kappa shape index (κ2) is 13.8. The molecule has 3 aromatic rings. The minimum atomic E-state index is -4.19. The van der Waals surface area contributed by atoms with Crippen molar-refractivity contribution in [3.63, 3.8) is 0 Å². The van der Waals surface area contributed by atoms with Gasteiger partial charge >= 0.3 is 0 Å². The molecule has 3 rings (SSSR count). The van der Waals surface area contributed by atoms with Crippen molar-refractivity contribution in [2.45, 2.75) is 51.6 Å². The summed E-state index contributed by atoms with van der Waals surface area (Å²) in [7, 11) is -2.69. The van der Waals surface area contributed by atoms with Gasteiger partial charge in [-0.1, -0.05) is 48.9 Å². The van der Waals surface area contributed by atoms with Gasteiger partial charge in [-0.05, 0) is 84.6 Å². The molecule has 214 valence electrons. The number of benzene rings is 3. The van der Waals surface area contributed by atoms with E-state index >= 15 is 0 Å². The number of nitrogens with zero attached hydrogens (tertiary/aromatic N) is 2. The van der Waals surface area contributed by atoms with Gasteiger partial charge in [0.2, 0.25) is 11.8 Å². The molecule has 0 heterocycles. The first kappa shape index (κ1) is 31.2. The van der Waals surface area contributed by atoms with Crippen LogP contribution in [0.3, 0.4) is 0 Å². The first-order valence-corrected chi connectivity index (χ1v) is 15.3. The van der Waals surface area contributed by atoms with E-state index in [0.29, 0.717) is 28.9 Å². The van der Waals surface area contributed by atoms with E-state index in [-0.39, 0.29) is 17.3 Å². The van der Waals surface area contributed by atoms with E-state index < -0.39 is 28.5 Å². The van der Waals surface area contributed by atoms with Gasteiger partial charge < -0.3 is 15.0 Å². The molecule has 0 radical (unpaired) electrons. The van der Waals surface area contributed by atoms with Gasteiger partial charge in [0.15, 0.2) is 0 Å². The summed E-state index contributed by atoms with van der Waals surface area (Å²) in [6, 6.07) is 18.2. The SMILES string of the molecule is CCNC(=O)[C@H](CC)N(Cc1ccccc1C)C(=O)CN(c1ccc(C)cc1)S(=O)(=O)c1ccc(OC)c(Br)c1. The van der Waals surface area contributed by atoms with Gasteiger partial charge in [0.05, 0.1) is 22.2 Å². The van der Waals surface area contributed by atoms with Gasteiger partial charge in [0.1, 0.15) is 18.3 Å². The smallest absolute Gasteiger partial charge is 0.264 e. The van der Waals surface area contributed by atoms with Gasteiger partial charge in [0, 0.05) is 13.1 Å². The van der Waals surface area contributed by atoms with Crippen molar-refractivity contribution in [3.05, 3.63) is 87.9 Å². The van der Waals surface area contributed by atoms with E-state index in [1.165, 1.54) is 24.1 Å². The van der Waals surface area contributed by atoms with Crippen LogP contribution in [-0.2, 0) is 26.2 Å². The molecule has 0 saturated carbocycles. The monoisotopic (exact) mass is 629 g/mol. The summed E-state index contributed by atoms with van der Waals surface area (Å²) >= 11 is 3.36. The van der Waals surface area contributed by atoms with E-state index in [2.05, 4.69) is 21.2 Å². The number of likely N-dealkylation sites (N-methyl/N-ethyl adjacent to an activating group) is 1. The Kier molecular flexibility index (Phi) is 10.8. The lowest BCUT2D eigenvalue weighted by atomic mass is 10.1. The maximum atomic E-state index is 14.1. The van der Waals surface area contributed by atoms with E-state index in [9.17, 15) is 18.0 Å². The Balaban J connectivity index is 2.09. The molecule has 0 aliphatic heterocycles. The van der Waals surface area contributed by atoms with Crippen molar-refractivity contribution in [2.75, 3.05) is 24.5 Å². The van der Waals surface area contributed by atoms with Crippen LogP contribution in [-0.4, -0.2) is 51.4 Å². The molecule has 1 N–H and O–H groups in total. The normalized spacial score (nSPS) is 11.9. The first-order chi connectivity index (χ1) is 19.0. The number of anilines is 1. The van der Waals surface area contributed by atoms with Crippen LogP contribution in [0.1, 0.15) is 37.0 Å². The van der Waals surface area contributed by atoms with Gasteiger partial charge in [-0.15, -0.1) is 0 Å². The number of hydrogen-bond donors (Lipinski definition) is 1. The highest BCUT2D eigenvalue weighted by Gasteiger charge is 2.34. The Morgan fingerprint density at radius 2 is 1.68 bits per heavy atom. The quantitative estimate of drug-likeness (QED) is 0.297. The Bertz CT molecular complexity index is 1440. The number of halogens is 1. The number of methoxy groups -OCH3 is 1. The molecular weight excluding hydrogens is 594 g/mol. The third-order valence-corrected chi connectivity index (χ3v) is 9.04. The fraction of sp³-hybridized carbons (Fsp3) is 0.333. The standard InChI is InChI=1S/C30H36BrN3O5S/c1-6-27(30(36)32-7-2)33(19-23-11-9-8-10-22(23)4)29(35)20-34(24-14-12-21(3)13-15-24)40(37,38)25-16-17-28(39-5)26(31)18-25/h8-18,27H,6-7,19-20H2,1-5H3,(H,32,36)/t27-/m0/s1. The Labute approximate surface area is 245 Å². The molecule has 2 amide bonds. The molecule has 0 saturated heterocycles. The largest absolute Gasteiger partial charge is 0.496 e. The highest BCUT2D eigenvalue weighted by molar-refractivity contribution is 9.10. The molecule has 40 heavy (non-hydrogen) atoms. The highest BCUT2D eigenvalue weighted by atomic mass is 79.9. The molecule has 0 aliphatic carbocycles. The Hall–Kier alpha value is -3.37. The summed E-state index contributed by atoms with van der Waals surface area (Å²) in [6.45, 7) is 7.58. The van der Waals surface area contributed by atoms with Gasteiger partial charge in [0.25, 0.3) is 10.0 Å². The number of sulfonamides is 1.